The number of benzene rings is 1. The maximum atomic E-state index is 12.4. The van der Waals surface area contributed by atoms with Crippen LogP contribution in [0, 0.1) is 11.3 Å². The second-order valence-corrected chi connectivity index (χ2v) is 3.46. The molecule has 92 valence electrons. The fraction of sp³-hybridized carbons (Fsp3) is 0.0909. The van der Waals surface area contributed by atoms with Gasteiger partial charge in [0.15, 0.2) is 5.69 Å². The number of hydrogen-bond donors (Lipinski definition) is 1. The second-order valence-electron chi connectivity index (χ2n) is 3.46. The molecule has 0 unspecified atom stereocenters. The molecule has 0 saturated heterocycles. The highest BCUT2D eigenvalue weighted by Gasteiger charge is 2.35. The second kappa shape index (κ2) is 4.07. The number of alkyl halides is 3. The Morgan fingerprint density at radius 3 is 2.28 bits per heavy atom. The van der Waals surface area contributed by atoms with Crippen molar-refractivity contribution in [2.45, 2.75) is 6.18 Å². The first kappa shape index (κ1) is 12.0. The van der Waals surface area contributed by atoms with Crippen molar-refractivity contribution in [1.29, 1.82) is 5.26 Å². The minimum Gasteiger partial charge on any atom is -0.493 e. The van der Waals surface area contributed by atoms with Crippen LogP contribution in [-0.2, 0) is 6.18 Å². The molecule has 2 rings (SSSR count). The van der Waals surface area contributed by atoms with Crippen molar-refractivity contribution in [2.75, 3.05) is 0 Å². The van der Waals surface area contributed by atoms with Crippen LogP contribution in [-0.4, -0.2) is 14.9 Å². The molecular formula is C11H6F3N3O. The van der Waals surface area contributed by atoms with Gasteiger partial charge in [0.25, 0.3) is 0 Å². The predicted molar refractivity (Wildman–Crippen MR) is 54.9 cm³/mol. The molecule has 0 aliphatic rings. The van der Waals surface area contributed by atoms with Gasteiger partial charge in [0.05, 0.1) is 17.3 Å². The van der Waals surface area contributed by atoms with Crippen LogP contribution in [0.15, 0.2) is 30.3 Å². The zero-order valence-electron chi connectivity index (χ0n) is 8.81. The van der Waals surface area contributed by atoms with Gasteiger partial charge in [-0.05, 0) is 24.3 Å². The zero-order chi connectivity index (χ0) is 13.3. The first-order valence-electron chi connectivity index (χ1n) is 4.78. The number of nitriles is 1. The predicted octanol–water partition coefficient (Wildman–Crippen LogP) is 2.47. The summed E-state index contributed by atoms with van der Waals surface area (Å²) in [6.45, 7) is 0. The van der Waals surface area contributed by atoms with E-state index in [1.807, 2.05) is 6.07 Å². The number of nitrogens with zero attached hydrogens (tertiary/aromatic N) is 3. The van der Waals surface area contributed by atoms with Crippen LogP contribution in [0.4, 0.5) is 13.2 Å². The van der Waals surface area contributed by atoms with Crippen LogP contribution in [0.1, 0.15) is 11.3 Å². The molecule has 2 aromatic rings. The van der Waals surface area contributed by atoms with Crippen LogP contribution in [0.2, 0.25) is 0 Å². The van der Waals surface area contributed by atoms with E-state index >= 15 is 0 Å². The lowest BCUT2D eigenvalue weighted by atomic mass is 10.2. The molecule has 1 N–H and O–H groups in total. The van der Waals surface area contributed by atoms with Gasteiger partial charge in [0.1, 0.15) is 0 Å². The van der Waals surface area contributed by atoms with Gasteiger partial charge in [-0.2, -0.15) is 23.5 Å². The highest BCUT2D eigenvalue weighted by Crippen LogP contribution is 2.31. The summed E-state index contributed by atoms with van der Waals surface area (Å²) in [5.41, 5.74) is -0.576. The van der Waals surface area contributed by atoms with E-state index < -0.39 is 17.8 Å². The Bertz CT molecular complexity index is 608. The van der Waals surface area contributed by atoms with Gasteiger partial charge in [-0.3, -0.25) is 0 Å². The van der Waals surface area contributed by atoms with E-state index in [0.717, 1.165) is 4.68 Å². The Hall–Kier alpha value is -2.49. The molecular weight excluding hydrogens is 247 g/mol. The van der Waals surface area contributed by atoms with E-state index in [4.69, 9.17) is 5.26 Å². The SMILES string of the molecule is N#Cc1ccc(-n2nc(C(F)(F)F)cc2O)cc1. The average molecular weight is 253 g/mol. The van der Waals surface area contributed by atoms with Gasteiger partial charge >= 0.3 is 6.18 Å². The van der Waals surface area contributed by atoms with E-state index in [2.05, 4.69) is 5.10 Å². The molecule has 0 radical (unpaired) electrons. The molecule has 0 aliphatic heterocycles. The summed E-state index contributed by atoms with van der Waals surface area (Å²) in [4.78, 5) is 0. The standard InChI is InChI=1S/C11H6F3N3O/c12-11(13,14)9-5-10(18)17(16-9)8-3-1-7(6-15)2-4-8/h1-5,18H. The molecule has 4 nitrogen and oxygen atoms in total. The van der Waals surface area contributed by atoms with Gasteiger partial charge in [-0.1, -0.05) is 0 Å². The third-order valence-electron chi connectivity index (χ3n) is 2.22. The molecule has 1 aromatic heterocycles. The molecule has 18 heavy (non-hydrogen) atoms. The molecule has 0 spiro atoms. The molecule has 0 amide bonds. The lowest BCUT2D eigenvalue weighted by Gasteiger charge is -2.03. The number of aromatic nitrogens is 2. The summed E-state index contributed by atoms with van der Waals surface area (Å²) in [5.74, 6) is -0.618. The molecule has 0 bridgehead atoms. The summed E-state index contributed by atoms with van der Waals surface area (Å²) < 4.78 is 37.9. The third-order valence-corrected chi connectivity index (χ3v) is 2.22. The van der Waals surface area contributed by atoms with Crippen molar-refractivity contribution in [3.63, 3.8) is 0 Å². The Labute approximate surface area is 99.5 Å². The minimum atomic E-state index is -4.62. The van der Waals surface area contributed by atoms with Crippen molar-refractivity contribution in [3.8, 4) is 17.6 Å². The zero-order valence-corrected chi connectivity index (χ0v) is 8.81. The van der Waals surface area contributed by atoms with E-state index in [-0.39, 0.29) is 5.69 Å². The Morgan fingerprint density at radius 2 is 1.83 bits per heavy atom. The highest BCUT2D eigenvalue weighted by molar-refractivity contribution is 5.41. The van der Waals surface area contributed by atoms with Crippen molar-refractivity contribution in [2.24, 2.45) is 0 Å². The monoisotopic (exact) mass is 253 g/mol. The van der Waals surface area contributed by atoms with Crippen molar-refractivity contribution >= 4 is 0 Å². The maximum absolute atomic E-state index is 12.4. The van der Waals surface area contributed by atoms with Gasteiger partial charge in [0.2, 0.25) is 5.88 Å². The van der Waals surface area contributed by atoms with Crippen LogP contribution >= 0.6 is 0 Å². The number of rotatable bonds is 1. The van der Waals surface area contributed by atoms with Crippen LogP contribution < -0.4 is 0 Å². The summed E-state index contributed by atoms with van der Waals surface area (Å²) in [7, 11) is 0. The molecule has 0 atom stereocenters. The fourth-order valence-electron chi connectivity index (χ4n) is 1.38. The molecule has 1 aromatic carbocycles. The Kier molecular flexibility index (Phi) is 2.71. The van der Waals surface area contributed by atoms with E-state index in [1.54, 1.807) is 0 Å². The van der Waals surface area contributed by atoms with E-state index in [1.165, 1.54) is 24.3 Å². The average Bonchev–Trinajstić information content (AvgIpc) is 2.71. The molecule has 0 fully saturated rings. The molecule has 0 aliphatic carbocycles. The van der Waals surface area contributed by atoms with E-state index in [9.17, 15) is 18.3 Å². The normalized spacial score (nSPS) is 11.2. The summed E-state index contributed by atoms with van der Waals surface area (Å²) in [5, 5.41) is 21.3. The summed E-state index contributed by atoms with van der Waals surface area (Å²) in [6, 6.07) is 8.05. The van der Waals surface area contributed by atoms with Crippen molar-refractivity contribution < 1.29 is 18.3 Å². The van der Waals surface area contributed by atoms with Gasteiger partial charge < -0.3 is 5.11 Å². The smallest absolute Gasteiger partial charge is 0.435 e. The van der Waals surface area contributed by atoms with E-state index in [0.29, 0.717) is 11.6 Å². The minimum absolute atomic E-state index is 0.238. The highest BCUT2D eigenvalue weighted by atomic mass is 19.4. The summed E-state index contributed by atoms with van der Waals surface area (Å²) >= 11 is 0. The largest absolute Gasteiger partial charge is 0.493 e. The lowest BCUT2D eigenvalue weighted by Crippen LogP contribution is -2.07. The van der Waals surface area contributed by atoms with Crippen LogP contribution in [0.5, 0.6) is 5.88 Å². The number of halogens is 3. The van der Waals surface area contributed by atoms with Gasteiger partial charge in [-0.15, -0.1) is 0 Å². The Balaban J connectivity index is 2.45. The van der Waals surface area contributed by atoms with Crippen molar-refractivity contribution in [1.82, 2.24) is 9.78 Å². The number of hydrogen-bond acceptors (Lipinski definition) is 3. The molecule has 1 heterocycles. The third kappa shape index (κ3) is 2.13. The van der Waals surface area contributed by atoms with Crippen LogP contribution in [0.3, 0.4) is 0 Å². The molecule has 7 heteroatoms. The summed E-state index contributed by atoms with van der Waals surface area (Å²) in [6.07, 6.45) is -4.62. The van der Waals surface area contributed by atoms with Gasteiger partial charge in [-0.25, -0.2) is 4.68 Å². The van der Waals surface area contributed by atoms with Crippen LogP contribution in [0.25, 0.3) is 5.69 Å². The topological polar surface area (TPSA) is 61.8 Å². The first-order valence-corrected chi connectivity index (χ1v) is 4.78. The van der Waals surface area contributed by atoms with Gasteiger partial charge in [0, 0.05) is 6.07 Å². The number of aromatic hydroxyl groups is 1. The maximum Gasteiger partial charge on any atom is 0.435 e. The molecule has 0 saturated carbocycles. The Morgan fingerprint density at radius 1 is 1.22 bits per heavy atom. The fourth-order valence-corrected chi connectivity index (χ4v) is 1.38. The first-order chi connectivity index (χ1) is 8.41. The van der Waals surface area contributed by atoms with Crippen molar-refractivity contribution in [3.05, 3.63) is 41.6 Å². The lowest BCUT2D eigenvalue weighted by molar-refractivity contribution is -0.141. The quantitative estimate of drug-likeness (QED) is 0.849.